The Balaban J connectivity index is 1.78. The summed E-state index contributed by atoms with van der Waals surface area (Å²) in [5, 5.41) is 2.80. The number of hydrazine groups is 1. The summed E-state index contributed by atoms with van der Waals surface area (Å²) in [6.07, 6.45) is 0. The summed E-state index contributed by atoms with van der Waals surface area (Å²) in [5.74, 6) is -0.0483. The molecule has 1 aliphatic rings. The molecule has 150 valence electrons. The number of thiol groups is 1. The third-order valence-corrected chi connectivity index (χ3v) is 5.48. The lowest BCUT2D eigenvalue weighted by Crippen LogP contribution is -2.51. The van der Waals surface area contributed by atoms with Crippen LogP contribution < -0.4 is 14.1 Å². The molecular formula is C19H23ClN4O3S. The monoisotopic (exact) mass is 422 g/mol. The maximum Gasteiger partial charge on any atom is 0.339 e. The number of piperazine rings is 1. The second-order valence-corrected chi connectivity index (χ2v) is 7.11. The van der Waals surface area contributed by atoms with Gasteiger partial charge in [0.2, 0.25) is 5.88 Å². The number of nitrogens with zero attached hydrogens (tertiary/aromatic N) is 4. The van der Waals surface area contributed by atoms with Gasteiger partial charge in [0.1, 0.15) is 5.69 Å². The topological polar surface area (TPSA) is 58.1 Å². The van der Waals surface area contributed by atoms with Crippen molar-refractivity contribution in [3.63, 3.8) is 0 Å². The number of hydrogen-bond acceptors (Lipinski definition) is 8. The van der Waals surface area contributed by atoms with E-state index in [4.69, 9.17) is 21.1 Å². The number of hydrogen-bond donors (Lipinski definition) is 1. The number of esters is 1. The van der Waals surface area contributed by atoms with Crippen LogP contribution in [0.2, 0.25) is 5.02 Å². The van der Waals surface area contributed by atoms with E-state index in [0.29, 0.717) is 22.8 Å². The summed E-state index contributed by atoms with van der Waals surface area (Å²) >= 11 is 11.0. The second kappa shape index (κ2) is 8.89. The number of carbonyl (C=O) groups is 1. The van der Waals surface area contributed by atoms with Gasteiger partial charge in [-0.15, -0.1) is 0 Å². The van der Waals surface area contributed by atoms with Gasteiger partial charge in [-0.25, -0.2) is 19.2 Å². The molecule has 9 heteroatoms. The van der Waals surface area contributed by atoms with E-state index in [1.54, 1.807) is 24.5 Å². The number of pyridine rings is 1. The van der Waals surface area contributed by atoms with E-state index in [9.17, 15) is 4.79 Å². The van der Waals surface area contributed by atoms with Crippen LogP contribution in [0.3, 0.4) is 0 Å². The van der Waals surface area contributed by atoms with Crippen molar-refractivity contribution in [1.82, 2.24) is 9.99 Å². The normalized spacial score (nSPS) is 14.7. The Bertz CT molecular complexity index is 859. The number of ether oxygens (including phenoxy) is 2. The summed E-state index contributed by atoms with van der Waals surface area (Å²) in [7, 11) is 2.89. The van der Waals surface area contributed by atoms with Crippen LogP contribution in [-0.4, -0.2) is 56.4 Å². The SMILES string of the molecule is COC(=O)c1cc(N(S)N2CCN(c3ccccc3Cl)CC2)c(OC)nc1C. The molecule has 3 rings (SSSR count). The fraction of sp³-hybridized carbons (Fsp3) is 0.368. The molecule has 7 nitrogen and oxygen atoms in total. The van der Waals surface area contributed by atoms with E-state index in [-0.39, 0.29) is 0 Å². The molecular weight excluding hydrogens is 400 g/mol. The van der Waals surface area contributed by atoms with Crippen LogP contribution in [0.4, 0.5) is 11.4 Å². The van der Waals surface area contributed by atoms with Crippen molar-refractivity contribution < 1.29 is 14.3 Å². The van der Waals surface area contributed by atoms with Crippen LogP contribution in [0.5, 0.6) is 5.88 Å². The lowest BCUT2D eigenvalue weighted by Gasteiger charge is -2.40. The van der Waals surface area contributed by atoms with E-state index in [2.05, 4.69) is 27.7 Å². The van der Waals surface area contributed by atoms with E-state index < -0.39 is 5.97 Å². The Kier molecular flexibility index (Phi) is 6.53. The van der Waals surface area contributed by atoms with Gasteiger partial charge in [-0.3, -0.25) is 0 Å². The molecule has 1 fully saturated rings. The summed E-state index contributed by atoms with van der Waals surface area (Å²) in [4.78, 5) is 18.7. The zero-order valence-electron chi connectivity index (χ0n) is 16.1. The van der Waals surface area contributed by atoms with Crippen LogP contribution in [0.15, 0.2) is 30.3 Å². The molecule has 1 aromatic heterocycles. The predicted molar refractivity (Wildman–Crippen MR) is 114 cm³/mol. The third-order valence-electron chi connectivity index (χ3n) is 4.69. The van der Waals surface area contributed by atoms with Crippen molar-refractivity contribution in [3.05, 3.63) is 46.6 Å². The van der Waals surface area contributed by atoms with Crippen LogP contribution >= 0.6 is 24.4 Å². The Hall–Kier alpha value is -2.16. The first-order valence-electron chi connectivity index (χ1n) is 8.83. The first-order valence-corrected chi connectivity index (χ1v) is 9.61. The standard InChI is InChI=1S/C19H23ClN4O3S/c1-13-14(19(25)27-3)12-17(18(21-13)26-2)24(28)23-10-8-22(9-11-23)16-7-5-4-6-15(16)20/h4-7,12,28H,8-11H2,1-3H3. The highest BCUT2D eigenvalue weighted by molar-refractivity contribution is 7.81. The zero-order valence-corrected chi connectivity index (χ0v) is 17.7. The van der Waals surface area contributed by atoms with Gasteiger partial charge in [0.25, 0.3) is 0 Å². The lowest BCUT2D eigenvalue weighted by molar-refractivity contribution is 0.0599. The van der Waals surface area contributed by atoms with E-state index in [1.807, 2.05) is 24.3 Å². The second-order valence-electron chi connectivity index (χ2n) is 6.32. The van der Waals surface area contributed by atoms with E-state index >= 15 is 0 Å². The van der Waals surface area contributed by atoms with Crippen LogP contribution in [0.1, 0.15) is 16.1 Å². The largest absolute Gasteiger partial charge is 0.479 e. The van der Waals surface area contributed by atoms with Crippen molar-refractivity contribution in [1.29, 1.82) is 0 Å². The molecule has 0 atom stereocenters. The molecule has 0 aliphatic carbocycles. The predicted octanol–water partition coefficient (Wildman–Crippen LogP) is 3.23. The van der Waals surface area contributed by atoms with Crippen molar-refractivity contribution in [3.8, 4) is 5.88 Å². The van der Waals surface area contributed by atoms with Crippen LogP contribution in [0.25, 0.3) is 0 Å². The number of benzene rings is 1. The Morgan fingerprint density at radius 3 is 2.50 bits per heavy atom. The van der Waals surface area contributed by atoms with Crippen molar-refractivity contribution >= 4 is 41.8 Å². The molecule has 0 spiro atoms. The molecule has 1 aliphatic heterocycles. The molecule has 0 amide bonds. The molecule has 2 heterocycles. The maximum absolute atomic E-state index is 12.0. The lowest BCUT2D eigenvalue weighted by atomic mass is 10.2. The number of aromatic nitrogens is 1. The molecule has 0 unspecified atom stereocenters. The Morgan fingerprint density at radius 2 is 1.89 bits per heavy atom. The van der Waals surface area contributed by atoms with E-state index in [1.165, 1.54) is 7.11 Å². The third kappa shape index (κ3) is 4.14. The molecule has 1 aromatic carbocycles. The minimum absolute atomic E-state index is 0.382. The fourth-order valence-electron chi connectivity index (χ4n) is 3.17. The smallest absolute Gasteiger partial charge is 0.339 e. The molecule has 0 bridgehead atoms. The first-order chi connectivity index (χ1) is 13.5. The number of para-hydroxylation sites is 1. The maximum atomic E-state index is 12.0. The molecule has 0 N–H and O–H groups in total. The molecule has 1 saturated heterocycles. The fourth-order valence-corrected chi connectivity index (χ4v) is 3.75. The number of methoxy groups -OCH3 is 2. The van der Waals surface area contributed by atoms with Crippen LogP contribution in [0, 0.1) is 6.92 Å². The minimum Gasteiger partial charge on any atom is -0.479 e. The van der Waals surface area contributed by atoms with Gasteiger partial charge in [0.15, 0.2) is 0 Å². The van der Waals surface area contributed by atoms with Crippen molar-refractivity contribution in [2.24, 2.45) is 0 Å². The number of carbonyl (C=O) groups excluding carboxylic acids is 1. The number of halogens is 1. The summed E-state index contributed by atoms with van der Waals surface area (Å²) < 4.78 is 11.9. The highest BCUT2D eigenvalue weighted by atomic mass is 35.5. The van der Waals surface area contributed by atoms with Crippen molar-refractivity contribution in [2.75, 3.05) is 49.7 Å². The number of rotatable bonds is 5. The summed E-state index contributed by atoms with van der Waals surface area (Å²) in [6, 6.07) is 9.51. The molecule has 2 aromatic rings. The van der Waals surface area contributed by atoms with Gasteiger partial charge < -0.3 is 14.4 Å². The Labute approximate surface area is 175 Å². The van der Waals surface area contributed by atoms with Gasteiger partial charge in [-0.1, -0.05) is 23.7 Å². The Morgan fingerprint density at radius 1 is 1.21 bits per heavy atom. The quantitative estimate of drug-likeness (QED) is 0.586. The van der Waals surface area contributed by atoms with Crippen molar-refractivity contribution in [2.45, 2.75) is 6.92 Å². The highest BCUT2D eigenvalue weighted by Gasteiger charge is 2.26. The highest BCUT2D eigenvalue weighted by Crippen LogP contribution is 2.33. The average molecular weight is 423 g/mol. The number of anilines is 2. The number of aryl methyl sites for hydroxylation is 1. The average Bonchev–Trinajstić information content (AvgIpc) is 2.73. The van der Waals surface area contributed by atoms with Gasteiger partial charge in [0, 0.05) is 26.2 Å². The van der Waals surface area contributed by atoms with Gasteiger partial charge in [-0.05, 0) is 37.9 Å². The van der Waals surface area contributed by atoms with Gasteiger partial charge in [-0.2, -0.15) is 0 Å². The zero-order chi connectivity index (χ0) is 20.3. The minimum atomic E-state index is -0.445. The van der Waals surface area contributed by atoms with Crippen LogP contribution in [-0.2, 0) is 4.74 Å². The van der Waals surface area contributed by atoms with E-state index in [0.717, 1.165) is 36.9 Å². The first kappa shape index (κ1) is 20.6. The summed E-state index contributed by atoms with van der Waals surface area (Å²) in [6.45, 7) is 4.75. The summed E-state index contributed by atoms with van der Waals surface area (Å²) in [5.41, 5.74) is 2.53. The molecule has 0 saturated carbocycles. The molecule has 0 radical (unpaired) electrons. The molecule has 28 heavy (non-hydrogen) atoms. The van der Waals surface area contributed by atoms with Gasteiger partial charge >= 0.3 is 5.97 Å². The van der Waals surface area contributed by atoms with Gasteiger partial charge in [0.05, 0.1) is 36.2 Å².